The molecule has 0 saturated heterocycles. The average Bonchev–Trinajstić information content (AvgIpc) is 2.69. The van der Waals surface area contributed by atoms with E-state index < -0.39 is 0 Å². The van der Waals surface area contributed by atoms with Crippen LogP contribution in [-0.4, -0.2) is 32.8 Å². The Labute approximate surface area is 101 Å². The SMILES string of the molecule is CCOCCNCc1cc(C(=O)OC)c(C)o1. The standard InChI is InChI=1S/C12H19NO4/c1-4-16-6-5-13-8-10-7-11(9(2)17-10)12(14)15-3/h7,13H,4-6,8H2,1-3H3. The molecule has 5 heteroatoms. The van der Waals surface area contributed by atoms with Gasteiger partial charge in [-0.1, -0.05) is 0 Å². The number of carbonyl (C=O) groups is 1. The number of esters is 1. The molecule has 0 bridgehead atoms. The molecule has 17 heavy (non-hydrogen) atoms. The number of methoxy groups -OCH3 is 1. The number of hydrogen-bond donors (Lipinski definition) is 1. The van der Waals surface area contributed by atoms with Gasteiger partial charge in [-0.2, -0.15) is 0 Å². The van der Waals surface area contributed by atoms with Gasteiger partial charge >= 0.3 is 5.97 Å². The first-order valence-electron chi connectivity index (χ1n) is 5.65. The van der Waals surface area contributed by atoms with Crippen LogP contribution in [0.2, 0.25) is 0 Å². The van der Waals surface area contributed by atoms with Gasteiger partial charge < -0.3 is 19.2 Å². The summed E-state index contributed by atoms with van der Waals surface area (Å²) in [7, 11) is 1.36. The minimum atomic E-state index is -0.369. The molecule has 0 spiro atoms. The second-order valence-electron chi connectivity index (χ2n) is 3.55. The van der Waals surface area contributed by atoms with Gasteiger partial charge in [0.2, 0.25) is 0 Å². The Balaban J connectivity index is 2.42. The van der Waals surface area contributed by atoms with Crippen LogP contribution in [0.3, 0.4) is 0 Å². The Morgan fingerprint density at radius 3 is 2.94 bits per heavy atom. The first-order chi connectivity index (χ1) is 8.19. The third-order valence-electron chi connectivity index (χ3n) is 2.30. The molecule has 96 valence electrons. The lowest BCUT2D eigenvalue weighted by Crippen LogP contribution is -2.18. The van der Waals surface area contributed by atoms with E-state index >= 15 is 0 Å². The summed E-state index contributed by atoms with van der Waals surface area (Å²) in [6.45, 7) is 6.41. The van der Waals surface area contributed by atoms with Crippen molar-refractivity contribution in [2.24, 2.45) is 0 Å². The van der Waals surface area contributed by atoms with Crippen molar-refractivity contribution in [3.05, 3.63) is 23.2 Å². The van der Waals surface area contributed by atoms with Crippen molar-refractivity contribution >= 4 is 5.97 Å². The number of furan rings is 1. The molecule has 0 fully saturated rings. The quantitative estimate of drug-likeness (QED) is 0.579. The molecular formula is C12H19NO4. The van der Waals surface area contributed by atoms with Crippen LogP contribution in [0.15, 0.2) is 10.5 Å². The molecule has 0 amide bonds. The molecule has 1 heterocycles. The van der Waals surface area contributed by atoms with E-state index in [1.807, 2.05) is 6.92 Å². The number of aryl methyl sites for hydroxylation is 1. The summed E-state index contributed by atoms with van der Waals surface area (Å²) in [6, 6.07) is 1.70. The van der Waals surface area contributed by atoms with Crippen molar-refractivity contribution in [2.75, 3.05) is 26.9 Å². The van der Waals surface area contributed by atoms with Gasteiger partial charge in [0.15, 0.2) is 0 Å². The molecule has 0 saturated carbocycles. The minimum absolute atomic E-state index is 0.369. The van der Waals surface area contributed by atoms with E-state index in [1.54, 1.807) is 13.0 Å². The third-order valence-corrected chi connectivity index (χ3v) is 2.30. The highest BCUT2D eigenvalue weighted by Crippen LogP contribution is 2.15. The zero-order valence-corrected chi connectivity index (χ0v) is 10.5. The predicted octanol–water partition coefficient (Wildman–Crippen LogP) is 1.50. The van der Waals surface area contributed by atoms with Crippen molar-refractivity contribution in [2.45, 2.75) is 20.4 Å². The molecule has 0 aliphatic carbocycles. The number of hydrogen-bond acceptors (Lipinski definition) is 5. The smallest absolute Gasteiger partial charge is 0.341 e. The average molecular weight is 241 g/mol. The lowest BCUT2D eigenvalue weighted by atomic mass is 10.2. The molecule has 0 radical (unpaired) electrons. The maximum absolute atomic E-state index is 11.3. The number of rotatable bonds is 7. The largest absolute Gasteiger partial charge is 0.465 e. The van der Waals surface area contributed by atoms with Crippen molar-refractivity contribution in [3.63, 3.8) is 0 Å². The van der Waals surface area contributed by atoms with Gasteiger partial charge in [0.1, 0.15) is 17.1 Å². The molecule has 0 atom stereocenters. The zero-order valence-electron chi connectivity index (χ0n) is 10.5. The fraction of sp³-hybridized carbons (Fsp3) is 0.583. The highest BCUT2D eigenvalue weighted by Gasteiger charge is 2.14. The van der Waals surface area contributed by atoms with Crippen LogP contribution in [0.25, 0.3) is 0 Å². The van der Waals surface area contributed by atoms with Gasteiger partial charge in [0.25, 0.3) is 0 Å². The van der Waals surface area contributed by atoms with E-state index in [1.165, 1.54) is 7.11 Å². The predicted molar refractivity (Wildman–Crippen MR) is 63.0 cm³/mol. The maximum Gasteiger partial charge on any atom is 0.341 e. The van der Waals surface area contributed by atoms with Crippen LogP contribution < -0.4 is 5.32 Å². The van der Waals surface area contributed by atoms with Gasteiger partial charge in [0.05, 0.1) is 20.3 Å². The Hall–Kier alpha value is -1.33. The minimum Gasteiger partial charge on any atom is -0.465 e. The maximum atomic E-state index is 11.3. The summed E-state index contributed by atoms with van der Waals surface area (Å²) in [5.41, 5.74) is 0.481. The lowest BCUT2D eigenvalue weighted by Gasteiger charge is -2.02. The Bertz CT molecular complexity index is 359. The monoisotopic (exact) mass is 241 g/mol. The number of ether oxygens (including phenoxy) is 2. The molecular weight excluding hydrogens is 222 g/mol. The van der Waals surface area contributed by atoms with E-state index in [2.05, 4.69) is 10.1 Å². The molecule has 1 aromatic rings. The fourth-order valence-corrected chi connectivity index (χ4v) is 1.44. The van der Waals surface area contributed by atoms with Gasteiger partial charge in [-0.3, -0.25) is 0 Å². The molecule has 1 aromatic heterocycles. The molecule has 1 N–H and O–H groups in total. The molecule has 0 aliphatic rings. The molecule has 0 aliphatic heterocycles. The summed E-state index contributed by atoms with van der Waals surface area (Å²) in [5.74, 6) is 0.935. The second-order valence-corrected chi connectivity index (χ2v) is 3.55. The second kappa shape index (κ2) is 7.09. The van der Waals surface area contributed by atoms with E-state index in [4.69, 9.17) is 9.15 Å². The van der Waals surface area contributed by atoms with E-state index in [9.17, 15) is 4.79 Å². The highest BCUT2D eigenvalue weighted by molar-refractivity contribution is 5.90. The van der Waals surface area contributed by atoms with E-state index in [0.717, 1.165) is 12.3 Å². The van der Waals surface area contributed by atoms with Crippen LogP contribution in [-0.2, 0) is 16.0 Å². The lowest BCUT2D eigenvalue weighted by molar-refractivity contribution is 0.0599. The van der Waals surface area contributed by atoms with Crippen LogP contribution in [0, 0.1) is 6.92 Å². The normalized spacial score (nSPS) is 10.5. The molecule has 0 unspecified atom stereocenters. The van der Waals surface area contributed by atoms with Gasteiger partial charge in [-0.05, 0) is 19.9 Å². The van der Waals surface area contributed by atoms with Crippen molar-refractivity contribution in [1.82, 2.24) is 5.32 Å². The molecule has 1 rings (SSSR count). The topological polar surface area (TPSA) is 60.7 Å². The Kier molecular flexibility index (Phi) is 5.72. The summed E-state index contributed by atoms with van der Waals surface area (Å²) in [5, 5.41) is 3.16. The van der Waals surface area contributed by atoms with Crippen molar-refractivity contribution < 1.29 is 18.7 Å². The zero-order chi connectivity index (χ0) is 12.7. The fourth-order valence-electron chi connectivity index (χ4n) is 1.44. The van der Waals surface area contributed by atoms with Crippen LogP contribution in [0.4, 0.5) is 0 Å². The first kappa shape index (κ1) is 13.7. The van der Waals surface area contributed by atoms with Crippen LogP contribution >= 0.6 is 0 Å². The van der Waals surface area contributed by atoms with Crippen molar-refractivity contribution in [3.8, 4) is 0 Å². The van der Waals surface area contributed by atoms with E-state index in [-0.39, 0.29) is 5.97 Å². The first-order valence-corrected chi connectivity index (χ1v) is 5.65. The molecule has 5 nitrogen and oxygen atoms in total. The summed E-state index contributed by atoms with van der Waals surface area (Å²) < 4.78 is 15.3. The van der Waals surface area contributed by atoms with Gasteiger partial charge in [-0.25, -0.2) is 4.79 Å². The van der Waals surface area contributed by atoms with Gasteiger partial charge in [-0.15, -0.1) is 0 Å². The summed E-state index contributed by atoms with van der Waals surface area (Å²) in [6.07, 6.45) is 0. The molecule has 0 aromatic carbocycles. The van der Waals surface area contributed by atoms with Crippen molar-refractivity contribution in [1.29, 1.82) is 0 Å². The summed E-state index contributed by atoms with van der Waals surface area (Å²) >= 11 is 0. The number of carbonyl (C=O) groups excluding carboxylic acids is 1. The van der Waals surface area contributed by atoms with Crippen LogP contribution in [0.5, 0.6) is 0 Å². The van der Waals surface area contributed by atoms with Crippen LogP contribution in [0.1, 0.15) is 28.8 Å². The van der Waals surface area contributed by atoms with Gasteiger partial charge in [0, 0.05) is 13.2 Å². The highest BCUT2D eigenvalue weighted by atomic mass is 16.5. The third kappa shape index (κ3) is 4.20. The summed E-state index contributed by atoms with van der Waals surface area (Å²) in [4.78, 5) is 11.3. The Morgan fingerprint density at radius 1 is 1.53 bits per heavy atom. The van der Waals surface area contributed by atoms with E-state index in [0.29, 0.717) is 31.1 Å². The Morgan fingerprint density at radius 2 is 2.29 bits per heavy atom. The number of nitrogens with one attached hydrogen (secondary N) is 1.